The maximum atomic E-state index is 11.8. The molecule has 116 valence electrons. The predicted octanol–water partition coefficient (Wildman–Crippen LogP) is 2.18. The number of carbonyl (C=O) groups is 1. The third-order valence-corrected chi connectivity index (χ3v) is 3.36. The number of hydrogen-bond donors (Lipinski definition) is 1. The largest absolute Gasteiger partial charge is 0.444 e. The summed E-state index contributed by atoms with van der Waals surface area (Å²) in [5.74, 6) is 0.504. The highest BCUT2D eigenvalue weighted by molar-refractivity contribution is 7.14. The van der Waals surface area contributed by atoms with E-state index in [0.29, 0.717) is 15.8 Å². The molecule has 1 unspecified atom stereocenters. The topological polar surface area (TPSA) is 106 Å². The Morgan fingerprint density at radius 3 is 2.82 bits per heavy atom. The Kier molecular flexibility index (Phi) is 4.42. The van der Waals surface area contributed by atoms with Crippen molar-refractivity contribution in [3.05, 3.63) is 23.2 Å². The zero-order valence-corrected chi connectivity index (χ0v) is 13.5. The fourth-order valence-corrected chi connectivity index (χ4v) is 2.34. The van der Waals surface area contributed by atoms with Crippen LogP contribution in [0.1, 0.15) is 44.4 Å². The first-order valence-corrected chi connectivity index (χ1v) is 7.37. The molecule has 0 spiro atoms. The number of hydrogen-bond acceptors (Lipinski definition) is 7. The molecule has 0 radical (unpaired) electrons. The Morgan fingerprint density at radius 2 is 2.23 bits per heavy atom. The van der Waals surface area contributed by atoms with Crippen molar-refractivity contribution in [3.63, 3.8) is 0 Å². The maximum absolute atomic E-state index is 11.8. The zero-order chi connectivity index (χ0) is 16.3. The molecule has 0 saturated carbocycles. The molecule has 0 bridgehead atoms. The van der Waals surface area contributed by atoms with Gasteiger partial charge in [0.1, 0.15) is 22.9 Å². The number of carbonyl (C=O) groups excluding carboxylic acids is 1. The van der Waals surface area contributed by atoms with Crippen LogP contribution >= 0.6 is 11.3 Å². The van der Waals surface area contributed by atoms with Crippen LogP contribution in [-0.4, -0.2) is 31.4 Å². The highest BCUT2D eigenvalue weighted by Crippen LogP contribution is 2.20. The highest BCUT2D eigenvalue weighted by Gasteiger charge is 2.22. The van der Waals surface area contributed by atoms with Gasteiger partial charge in [-0.3, -0.25) is 0 Å². The second-order valence-corrected chi connectivity index (χ2v) is 6.53. The van der Waals surface area contributed by atoms with Crippen molar-refractivity contribution in [3.8, 4) is 11.2 Å². The van der Waals surface area contributed by atoms with Crippen LogP contribution in [-0.2, 0) is 4.74 Å². The van der Waals surface area contributed by atoms with Crippen LogP contribution < -0.4 is 5.32 Å². The van der Waals surface area contributed by atoms with Gasteiger partial charge in [0, 0.05) is 0 Å². The number of ether oxygens (including phenoxy) is 1. The van der Waals surface area contributed by atoms with Crippen molar-refractivity contribution in [2.24, 2.45) is 0 Å². The molecule has 0 aliphatic carbocycles. The average Bonchev–Trinajstić information content (AvgIpc) is 3.04. The quantitative estimate of drug-likeness (QED) is 0.929. The fourth-order valence-electron chi connectivity index (χ4n) is 1.66. The lowest BCUT2D eigenvalue weighted by molar-refractivity contribution is 0.0505. The van der Waals surface area contributed by atoms with Gasteiger partial charge in [0.25, 0.3) is 0 Å². The SMILES string of the molecule is CC(NC(=O)OC(C)(C)C)c1ncnn1-c1ncc(C#N)s1. The molecule has 0 aliphatic rings. The third-order valence-electron chi connectivity index (χ3n) is 2.48. The highest BCUT2D eigenvalue weighted by atomic mass is 32.1. The average molecular weight is 320 g/mol. The van der Waals surface area contributed by atoms with Crippen LogP contribution in [0.5, 0.6) is 0 Å². The molecule has 2 aromatic heterocycles. The third kappa shape index (κ3) is 3.79. The summed E-state index contributed by atoms with van der Waals surface area (Å²) in [4.78, 5) is 20.6. The molecule has 2 heterocycles. The van der Waals surface area contributed by atoms with E-state index in [4.69, 9.17) is 10.00 Å². The van der Waals surface area contributed by atoms with E-state index in [9.17, 15) is 4.79 Å². The normalized spacial score (nSPS) is 12.5. The molecule has 0 fully saturated rings. The molecule has 8 nitrogen and oxygen atoms in total. The molecule has 1 atom stereocenters. The number of nitrogens with one attached hydrogen (secondary N) is 1. The van der Waals surface area contributed by atoms with Crippen LogP contribution in [0, 0.1) is 11.3 Å². The molecule has 1 N–H and O–H groups in total. The van der Waals surface area contributed by atoms with Gasteiger partial charge in [-0.1, -0.05) is 11.3 Å². The number of nitriles is 1. The number of amides is 1. The van der Waals surface area contributed by atoms with Crippen molar-refractivity contribution in [1.29, 1.82) is 5.26 Å². The van der Waals surface area contributed by atoms with E-state index >= 15 is 0 Å². The molecule has 9 heteroatoms. The fraction of sp³-hybridized carbons (Fsp3) is 0.462. The summed E-state index contributed by atoms with van der Waals surface area (Å²) in [6, 6.07) is 1.60. The van der Waals surface area contributed by atoms with Crippen LogP contribution in [0.2, 0.25) is 0 Å². The van der Waals surface area contributed by atoms with Gasteiger partial charge < -0.3 is 10.1 Å². The summed E-state index contributed by atoms with van der Waals surface area (Å²) in [5, 5.41) is 16.2. The Hall–Kier alpha value is -2.47. The summed E-state index contributed by atoms with van der Waals surface area (Å²) in [7, 11) is 0. The lowest BCUT2D eigenvalue weighted by atomic mass is 10.2. The van der Waals surface area contributed by atoms with Gasteiger partial charge in [-0.2, -0.15) is 15.0 Å². The second kappa shape index (κ2) is 6.11. The molecule has 1 amide bonds. The van der Waals surface area contributed by atoms with Crippen LogP contribution in [0.3, 0.4) is 0 Å². The summed E-state index contributed by atoms with van der Waals surface area (Å²) in [6.07, 6.45) is 2.31. The number of rotatable bonds is 3. The summed E-state index contributed by atoms with van der Waals surface area (Å²) >= 11 is 1.20. The minimum Gasteiger partial charge on any atom is -0.444 e. The molecule has 22 heavy (non-hydrogen) atoms. The van der Waals surface area contributed by atoms with Gasteiger partial charge in [0.05, 0.1) is 12.2 Å². The lowest BCUT2D eigenvalue weighted by Gasteiger charge is -2.21. The Morgan fingerprint density at radius 1 is 1.50 bits per heavy atom. The van der Waals surface area contributed by atoms with Crippen molar-refractivity contribution in [2.75, 3.05) is 0 Å². The molecule has 2 rings (SSSR count). The second-order valence-electron chi connectivity index (χ2n) is 5.52. The van der Waals surface area contributed by atoms with E-state index in [1.165, 1.54) is 28.5 Å². The molecular formula is C13H16N6O2S. The van der Waals surface area contributed by atoms with Gasteiger partial charge in [-0.25, -0.2) is 14.8 Å². The van der Waals surface area contributed by atoms with E-state index in [0.717, 1.165) is 0 Å². The summed E-state index contributed by atoms with van der Waals surface area (Å²) < 4.78 is 6.70. The Bertz CT molecular complexity index is 709. The number of alkyl carbamates (subject to hydrolysis) is 1. The Labute approximate surface area is 131 Å². The lowest BCUT2D eigenvalue weighted by Crippen LogP contribution is -2.34. The molecule has 0 aromatic carbocycles. The number of thiazole rings is 1. The van der Waals surface area contributed by atoms with E-state index in [2.05, 4.69) is 20.4 Å². The molecule has 0 aliphatic heterocycles. The summed E-state index contributed by atoms with van der Waals surface area (Å²) in [5.41, 5.74) is -0.575. The minimum absolute atomic E-state index is 0.424. The summed E-state index contributed by atoms with van der Waals surface area (Å²) in [6.45, 7) is 7.14. The molecular weight excluding hydrogens is 304 g/mol. The van der Waals surface area contributed by atoms with Crippen LogP contribution in [0.15, 0.2) is 12.5 Å². The molecule has 2 aromatic rings. The maximum Gasteiger partial charge on any atom is 0.408 e. The van der Waals surface area contributed by atoms with Gasteiger partial charge in [-0.15, -0.1) is 0 Å². The van der Waals surface area contributed by atoms with Crippen molar-refractivity contribution >= 4 is 17.4 Å². The van der Waals surface area contributed by atoms with Gasteiger partial charge in [-0.05, 0) is 27.7 Å². The first-order valence-electron chi connectivity index (χ1n) is 6.56. The van der Waals surface area contributed by atoms with Crippen LogP contribution in [0.4, 0.5) is 4.79 Å². The van der Waals surface area contributed by atoms with Crippen molar-refractivity contribution < 1.29 is 9.53 Å². The van der Waals surface area contributed by atoms with E-state index < -0.39 is 17.7 Å². The predicted molar refractivity (Wildman–Crippen MR) is 79.5 cm³/mol. The Balaban J connectivity index is 2.15. The van der Waals surface area contributed by atoms with E-state index in [-0.39, 0.29) is 0 Å². The monoisotopic (exact) mass is 320 g/mol. The van der Waals surface area contributed by atoms with E-state index in [1.54, 1.807) is 27.7 Å². The van der Waals surface area contributed by atoms with Gasteiger partial charge in [0.2, 0.25) is 5.13 Å². The molecule has 0 saturated heterocycles. The number of aromatic nitrogens is 4. The minimum atomic E-state index is -0.575. The van der Waals surface area contributed by atoms with Gasteiger partial charge in [0.15, 0.2) is 5.82 Å². The smallest absolute Gasteiger partial charge is 0.408 e. The standard InChI is InChI=1S/C13H16N6O2S/c1-8(18-12(20)21-13(2,3)4)10-16-7-17-19(10)11-15-6-9(5-14)22-11/h6-8H,1-4H3,(H,18,20). The number of nitrogens with zero attached hydrogens (tertiary/aromatic N) is 5. The van der Waals surface area contributed by atoms with Crippen molar-refractivity contribution in [1.82, 2.24) is 25.1 Å². The zero-order valence-electron chi connectivity index (χ0n) is 12.7. The first-order chi connectivity index (χ1) is 10.3. The van der Waals surface area contributed by atoms with Crippen molar-refractivity contribution in [2.45, 2.75) is 39.3 Å². The van der Waals surface area contributed by atoms with Gasteiger partial charge >= 0.3 is 6.09 Å². The van der Waals surface area contributed by atoms with Crippen LogP contribution in [0.25, 0.3) is 5.13 Å². The first kappa shape index (κ1) is 15.9. The van der Waals surface area contributed by atoms with E-state index in [1.807, 2.05) is 6.07 Å².